The fourth-order valence-electron chi connectivity index (χ4n) is 5.35. The lowest BCUT2D eigenvalue weighted by Crippen LogP contribution is -2.52. The van der Waals surface area contributed by atoms with Gasteiger partial charge in [-0.1, -0.05) is 49.2 Å². The van der Waals surface area contributed by atoms with Crippen LogP contribution in [0.3, 0.4) is 0 Å². The minimum atomic E-state index is 0.0481. The molecule has 5 rings (SSSR count). The third-order valence-electron chi connectivity index (χ3n) is 7.04. The number of hydrogen-bond acceptors (Lipinski definition) is 3. The topological polar surface area (TPSA) is 73.9 Å². The number of aromatic nitrogens is 3. The molecule has 166 valence electrons. The Balaban J connectivity index is 1.31. The average Bonchev–Trinajstić information content (AvgIpc) is 3.56. The van der Waals surface area contributed by atoms with Gasteiger partial charge in [-0.05, 0) is 49.3 Å². The van der Waals surface area contributed by atoms with E-state index in [0.717, 1.165) is 35.6 Å². The van der Waals surface area contributed by atoms with Crippen LogP contribution < -0.4 is 5.32 Å². The van der Waals surface area contributed by atoms with Gasteiger partial charge in [0.25, 0.3) is 0 Å². The van der Waals surface area contributed by atoms with E-state index in [9.17, 15) is 4.79 Å². The number of amides is 2. The van der Waals surface area contributed by atoms with Crippen molar-refractivity contribution in [2.45, 2.75) is 57.0 Å². The number of carbonyl (C=O) groups excluding carboxylic acids is 1. The first kappa shape index (κ1) is 20.7. The molecule has 1 aromatic carbocycles. The monoisotopic (exact) mass is 429 g/mol. The zero-order valence-electron chi connectivity index (χ0n) is 18.4. The maximum atomic E-state index is 13.3. The van der Waals surface area contributed by atoms with Crippen LogP contribution in [0.4, 0.5) is 4.79 Å². The number of piperidine rings is 1. The van der Waals surface area contributed by atoms with Crippen molar-refractivity contribution >= 4 is 6.03 Å². The number of nitrogens with one attached hydrogen (secondary N) is 2. The van der Waals surface area contributed by atoms with Gasteiger partial charge in [0.05, 0.1) is 17.6 Å². The Hall–Kier alpha value is -3.15. The lowest BCUT2D eigenvalue weighted by molar-refractivity contribution is 0.108. The zero-order valence-corrected chi connectivity index (χ0v) is 18.4. The standard InChI is InChI=1S/C26H31N5O/c32-26(29-16-19-8-2-1-3-9-19)31-18-21(13-14-24(31)20-10-4-5-11-20)25-28-17-23(30-25)22-12-6-7-15-27-22/h1-3,6-9,12,15,17,20-21,24H,4-5,10-11,13-14,16,18H2,(H,28,30)(H,29,32). The lowest BCUT2D eigenvalue weighted by Gasteiger charge is -2.42. The van der Waals surface area contributed by atoms with Gasteiger partial charge in [0.1, 0.15) is 5.82 Å². The van der Waals surface area contributed by atoms with Crippen LogP contribution in [0.1, 0.15) is 55.8 Å². The molecule has 2 aliphatic rings. The van der Waals surface area contributed by atoms with Gasteiger partial charge in [-0.3, -0.25) is 4.98 Å². The molecule has 2 atom stereocenters. The van der Waals surface area contributed by atoms with Crippen molar-refractivity contribution in [2.24, 2.45) is 5.92 Å². The first-order valence-electron chi connectivity index (χ1n) is 11.8. The van der Waals surface area contributed by atoms with E-state index in [-0.39, 0.29) is 11.9 Å². The number of imidazole rings is 1. The molecule has 0 spiro atoms. The number of aromatic amines is 1. The molecule has 2 fully saturated rings. The number of H-pyrrole nitrogens is 1. The summed E-state index contributed by atoms with van der Waals surface area (Å²) in [5.74, 6) is 1.79. The highest BCUT2D eigenvalue weighted by Crippen LogP contribution is 2.38. The number of carbonyl (C=O) groups is 1. The Morgan fingerprint density at radius 1 is 1.00 bits per heavy atom. The number of benzene rings is 1. The summed E-state index contributed by atoms with van der Waals surface area (Å²) >= 11 is 0. The molecule has 6 nitrogen and oxygen atoms in total. The van der Waals surface area contributed by atoms with E-state index in [1.54, 1.807) is 6.20 Å². The molecule has 1 saturated carbocycles. The number of pyridine rings is 1. The highest BCUT2D eigenvalue weighted by Gasteiger charge is 2.38. The second-order valence-corrected chi connectivity index (χ2v) is 9.08. The van der Waals surface area contributed by atoms with Crippen molar-refractivity contribution in [1.29, 1.82) is 0 Å². The number of urea groups is 1. The predicted molar refractivity (Wildman–Crippen MR) is 125 cm³/mol. The van der Waals surface area contributed by atoms with Gasteiger partial charge >= 0.3 is 6.03 Å². The molecule has 3 aromatic rings. The third-order valence-corrected chi connectivity index (χ3v) is 7.04. The van der Waals surface area contributed by atoms with Crippen LogP contribution in [-0.4, -0.2) is 38.5 Å². The molecule has 1 aliphatic carbocycles. The summed E-state index contributed by atoms with van der Waals surface area (Å²) in [6.45, 7) is 1.26. The van der Waals surface area contributed by atoms with E-state index >= 15 is 0 Å². The molecule has 2 amide bonds. The van der Waals surface area contributed by atoms with Crippen molar-refractivity contribution in [1.82, 2.24) is 25.2 Å². The van der Waals surface area contributed by atoms with Gasteiger partial charge in [-0.15, -0.1) is 0 Å². The van der Waals surface area contributed by atoms with E-state index in [4.69, 9.17) is 0 Å². The predicted octanol–water partition coefficient (Wildman–Crippen LogP) is 5.12. The smallest absolute Gasteiger partial charge is 0.317 e. The molecule has 3 heterocycles. The largest absolute Gasteiger partial charge is 0.340 e. The Kier molecular flexibility index (Phi) is 6.19. The van der Waals surface area contributed by atoms with Crippen molar-refractivity contribution in [3.63, 3.8) is 0 Å². The summed E-state index contributed by atoms with van der Waals surface area (Å²) in [5.41, 5.74) is 2.94. The highest BCUT2D eigenvalue weighted by molar-refractivity contribution is 5.75. The highest BCUT2D eigenvalue weighted by atomic mass is 16.2. The third kappa shape index (κ3) is 4.54. The van der Waals surface area contributed by atoms with Crippen LogP contribution in [0.2, 0.25) is 0 Å². The Morgan fingerprint density at radius 2 is 1.81 bits per heavy atom. The molecule has 2 aromatic heterocycles. The molecular weight excluding hydrogens is 398 g/mol. The van der Waals surface area contributed by atoms with E-state index in [1.165, 1.54) is 25.7 Å². The minimum Gasteiger partial charge on any atom is -0.340 e. The number of rotatable bonds is 5. The normalized spacial score (nSPS) is 21.6. The van der Waals surface area contributed by atoms with Crippen LogP contribution in [0.5, 0.6) is 0 Å². The average molecular weight is 430 g/mol. The Labute approximate surface area is 189 Å². The van der Waals surface area contributed by atoms with E-state index < -0.39 is 0 Å². The summed E-state index contributed by atoms with van der Waals surface area (Å²) in [5, 5.41) is 3.17. The fraction of sp³-hybridized carbons (Fsp3) is 0.423. The van der Waals surface area contributed by atoms with E-state index in [1.807, 2.05) is 42.6 Å². The van der Waals surface area contributed by atoms with Crippen molar-refractivity contribution < 1.29 is 4.79 Å². The molecular formula is C26H31N5O. The molecule has 1 aliphatic heterocycles. The van der Waals surface area contributed by atoms with E-state index in [0.29, 0.717) is 25.0 Å². The number of nitrogens with zero attached hydrogens (tertiary/aromatic N) is 3. The summed E-state index contributed by atoms with van der Waals surface area (Å²) in [4.78, 5) is 28.0. The van der Waals surface area contributed by atoms with Gasteiger partial charge in [-0.2, -0.15) is 0 Å². The van der Waals surface area contributed by atoms with Gasteiger partial charge in [0.2, 0.25) is 0 Å². The summed E-state index contributed by atoms with van der Waals surface area (Å²) in [6, 6.07) is 16.4. The first-order valence-corrected chi connectivity index (χ1v) is 11.8. The molecule has 2 unspecified atom stereocenters. The molecule has 0 radical (unpaired) electrons. The Bertz CT molecular complexity index is 1010. The summed E-state index contributed by atoms with van der Waals surface area (Å²) in [6.07, 6.45) is 10.8. The van der Waals surface area contributed by atoms with Gasteiger partial charge < -0.3 is 15.2 Å². The van der Waals surface area contributed by atoms with Crippen LogP contribution >= 0.6 is 0 Å². The van der Waals surface area contributed by atoms with Gasteiger partial charge in [-0.25, -0.2) is 9.78 Å². The van der Waals surface area contributed by atoms with Crippen molar-refractivity contribution in [3.05, 3.63) is 72.3 Å². The lowest BCUT2D eigenvalue weighted by atomic mass is 9.84. The maximum absolute atomic E-state index is 13.3. The maximum Gasteiger partial charge on any atom is 0.317 e. The summed E-state index contributed by atoms with van der Waals surface area (Å²) in [7, 11) is 0. The first-order chi connectivity index (χ1) is 15.8. The van der Waals surface area contributed by atoms with Gasteiger partial charge in [0, 0.05) is 31.2 Å². The van der Waals surface area contributed by atoms with E-state index in [2.05, 4.69) is 37.3 Å². The minimum absolute atomic E-state index is 0.0481. The second-order valence-electron chi connectivity index (χ2n) is 9.08. The van der Waals surface area contributed by atoms with Crippen LogP contribution in [0.15, 0.2) is 60.9 Å². The molecule has 1 saturated heterocycles. The molecule has 6 heteroatoms. The Morgan fingerprint density at radius 3 is 2.59 bits per heavy atom. The van der Waals surface area contributed by atoms with Crippen LogP contribution in [0.25, 0.3) is 11.4 Å². The van der Waals surface area contributed by atoms with Gasteiger partial charge in [0.15, 0.2) is 0 Å². The van der Waals surface area contributed by atoms with Crippen molar-refractivity contribution in [2.75, 3.05) is 6.54 Å². The molecule has 32 heavy (non-hydrogen) atoms. The second kappa shape index (κ2) is 9.55. The quantitative estimate of drug-likeness (QED) is 0.591. The zero-order chi connectivity index (χ0) is 21.8. The number of likely N-dealkylation sites (tertiary alicyclic amines) is 1. The molecule has 0 bridgehead atoms. The van der Waals surface area contributed by atoms with Crippen LogP contribution in [0, 0.1) is 5.92 Å². The summed E-state index contributed by atoms with van der Waals surface area (Å²) < 4.78 is 0. The fourth-order valence-corrected chi connectivity index (χ4v) is 5.35. The van der Waals surface area contributed by atoms with Crippen LogP contribution in [-0.2, 0) is 6.54 Å². The van der Waals surface area contributed by atoms with Crippen molar-refractivity contribution in [3.8, 4) is 11.4 Å². The SMILES string of the molecule is O=C(NCc1ccccc1)N1CC(c2ncc(-c3ccccn3)[nH]2)CCC1C1CCCC1. The molecule has 2 N–H and O–H groups in total. The number of hydrogen-bond donors (Lipinski definition) is 2.